The van der Waals surface area contributed by atoms with Gasteiger partial charge in [0.25, 0.3) is 0 Å². The Kier molecular flexibility index (Phi) is 6.44. The molecule has 4 aromatic rings. The van der Waals surface area contributed by atoms with Crippen molar-refractivity contribution in [2.75, 3.05) is 18.4 Å². The van der Waals surface area contributed by atoms with E-state index in [-0.39, 0.29) is 12.4 Å². The molecule has 1 saturated heterocycles. The van der Waals surface area contributed by atoms with Crippen molar-refractivity contribution in [2.45, 2.75) is 19.4 Å². The molecule has 2 N–H and O–H groups in total. The molecule has 31 heavy (non-hydrogen) atoms. The van der Waals surface area contributed by atoms with Crippen LogP contribution >= 0.6 is 35.6 Å². The van der Waals surface area contributed by atoms with E-state index in [2.05, 4.69) is 10.2 Å². The lowest BCUT2D eigenvalue weighted by atomic mass is 10.1. The zero-order valence-electron chi connectivity index (χ0n) is 16.7. The second-order valence-corrected chi connectivity index (χ2v) is 8.63. The van der Waals surface area contributed by atoms with Crippen molar-refractivity contribution >= 4 is 68.8 Å². The molecular weight excluding hydrogens is 453 g/mol. The molecule has 0 aliphatic carbocycles. The molecule has 0 amide bonds. The van der Waals surface area contributed by atoms with Gasteiger partial charge in [0, 0.05) is 38.6 Å². The van der Waals surface area contributed by atoms with Crippen LogP contribution in [0.3, 0.4) is 0 Å². The number of hydrogen-bond donors (Lipinski definition) is 2. The summed E-state index contributed by atoms with van der Waals surface area (Å²) in [6, 6.07) is 17.0. The maximum absolute atomic E-state index is 10.4. The van der Waals surface area contributed by atoms with Gasteiger partial charge in [-0.1, -0.05) is 23.2 Å². The van der Waals surface area contributed by atoms with E-state index < -0.39 is 0 Å². The number of nitrogens with one attached hydrogen (secondary N) is 1. The summed E-state index contributed by atoms with van der Waals surface area (Å²) in [4.78, 5) is 7.13. The Bertz CT molecular complexity index is 1200. The van der Waals surface area contributed by atoms with Gasteiger partial charge in [-0.25, -0.2) is 4.98 Å². The minimum Gasteiger partial charge on any atom is -0.508 e. The molecule has 1 aliphatic rings. The van der Waals surface area contributed by atoms with Crippen LogP contribution in [0.15, 0.2) is 54.6 Å². The standard InChI is InChI=1S/C24H21Cl2N3O.ClH/c25-16-3-6-21-19(12-16)24(20-13-17(26)4-7-22(20)28-21)27-18-5-8-23(30)15(11-18)14-29-9-1-2-10-29;/h3-8,11-13,30H,1-2,9-10,14H2,(H,27,28);1H. The van der Waals surface area contributed by atoms with Crippen molar-refractivity contribution in [1.29, 1.82) is 0 Å². The van der Waals surface area contributed by atoms with Crippen molar-refractivity contribution in [3.05, 3.63) is 70.2 Å². The maximum atomic E-state index is 10.4. The molecule has 3 aromatic carbocycles. The predicted molar refractivity (Wildman–Crippen MR) is 132 cm³/mol. The third kappa shape index (κ3) is 4.53. The van der Waals surface area contributed by atoms with E-state index in [1.165, 1.54) is 12.8 Å². The molecule has 0 saturated carbocycles. The topological polar surface area (TPSA) is 48.4 Å². The van der Waals surface area contributed by atoms with Gasteiger partial charge in [-0.2, -0.15) is 0 Å². The SMILES string of the molecule is Cl.Oc1ccc(Nc2c3cc(Cl)ccc3nc3ccc(Cl)cc23)cc1CN1CCCC1. The molecule has 0 radical (unpaired) electrons. The Morgan fingerprint density at radius 3 is 2.10 bits per heavy atom. The Morgan fingerprint density at radius 2 is 1.48 bits per heavy atom. The molecule has 1 aromatic heterocycles. The summed E-state index contributed by atoms with van der Waals surface area (Å²) in [5.41, 5.74) is 4.43. The minimum atomic E-state index is 0. The zero-order valence-corrected chi connectivity index (χ0v) is 19.1. The van der Waals surface area contributed by atoms with Gasteiger partial charge in [0.15, 0.2) is 0 Å². The van der Waals surface area contributed by atoms with Gasteiger partial charge in [-0.3, -0.25) is 4.90 Å². The molecule has 2 heterocycles. The molecule has 0 spiro atoms. The third-order valence-electron chi connectivity index (χ3n) is 5.64. The fourth-order valence-electron chi connectivity index (χ4n) is 4.14. The summed E-state index contributed by atoms with van der Waals surface area (Å²) in [5, 5.41) is 17.1. The smallest absolute Gasteiger partial charge is 0.120 e. The monoisotopic (exact) mass is 473 g/mol. The van der Waals surface area contributed by atoms with E-state index in [0.717, 1.165) is 58.4 Å². The summed E-state index contributed by atoms with van der Waals surface area (Å²) in [6.45, 7) is 2.90. The molecule has 0 atom stereocenters. The highest BCUT2D eigenvalue weighted by Crippen LogP contribution is 2.36. The lowest BCUT2D eigenvalue weighted by Crippen LogP contribution is -2.18. The number of nitrogens with zero attached hydrogens (tertiary/aromatic N) is 2. The minimum absolute atomic E-state index is 0. The van der Waals surface area contributed by atoms with Gasteiger partial charge in [-0.15, -0.1) is 12.4 Å². The highest BCUT2D eigenvalue weighted by atomic mass is 35.5. The zero-order chi connectivity index (χ0) is 20.7. The summed E-state index contributed by atoms with van der Waals surface area (Å²) in [7, 11) is 0. The number of halogens is 3. The normalized spacial score (nSPS) is 14.1. The number of anilines is 2. The highest BCUT2D eigenvalue weighted by molar-refractivity contribution is 6.32. The Labute approximate surface area is 197 Å². The lowest BCUT2D eigenvalue weighted by molar-refractivity contribution is 0.324. The number of phenolic OH excluding ortho intramolecular Hbond substituents is 1. The number of hydrogen-bond acceptors (Lipinski definition) is 4. The van der Waals surface area contributed by atoms with Crippen molar-refractivity contribution in [3.8, 4) is 5.75 Å². The van der Waals surface area contributed by atoms with Crippen LogP contribution in [0.4, 0.5) is 11.4 Å². The van der Waals surface area contributed by atoms with Crippen LogP contribution in [0.2, 0.25) is 10.0 Å². The first-order chi connectivity index (χ1) is 14.6. The van der Waals surface area contributed by atoms with Gasteiger partial charge in [0.1, 0.15) is 5.75 Å². The highest BCUT2D eigenvalue weighted by Gasteiger charge is 2.15. The van der Waals surface area contributed by atoms with Gasteiger partial charge in [-0.05, 0) is 80.5 Å². The fourth-order valence-corrected chi connectivity index (χ4v) is 4.48. The van der Waals surface area contributed by atoms with Crippen molar-refractivity contribution in [1.82, 2.24) is 9.88 Å². The number of rotatable bonds is 4. The fraction of sp³-hybridized carbons (Fsp3) is 0.208. The van der Waals surface area contributed by atoms with Crippen LogP contribution in [-0.4, -0.2) is 28.1 Å². The predicted octanol–water partition coefficient (Wildman–Crippen LogP) is 7.16. The molecule has 1 fully saturated rings. The number of aromatic nitrogens is 1. The molecule has 5 rings (SSSR count). The molecule has 0 unspecified atom stereocenters. The molecule has 0 bridgehead atoms. The molecule has 4 nitrogen and oxygen atoms in total. The first kappa shape index (κ1) is 22.0. The Hall–Kier alpha value is -2.24. The summed E-state index contributed by atoms with van der Waals surface area (Å²) in [6.07, 6.45) is 2.43. The number of benzene rings is 3. The van der Waals surface area contributed by atoms with E-state index >= 15 is 0 Å². The van der Waals surface area contributed by atoms with E-state index in [1.54, 1.807) is 6.07 Å². The van der Waals surface area contributed by atoms with E-state index in [1.807, 2.05) is 48.5 Å². The van der Waals surface area contributed by atoms with Crippen LogP contribution in [0.1, 0.15) is 18.4 Å². The van der Waals surface area contributed by atoms with Gasteiger partial charge in [0.2, 0.25) is 0 Å². The largest absolute Gasteiger partial charge is 0.508 e. The number of likely N-dealkylation sites (tertiary alicyclic amines) is 1. The summed E-state index contributed by atoms with van der Waals surface area (Å²) < 4.78 is 0. The first-order valence-electron chi connectivity index (χ1n) is 10.1. The lowest BCUT2D eigenvalue weighted by Gasteiger charge is -2.18. The number of fused-ring (bicyclic) bond motifs is 2. The number of aromatic hydroxyl groups is 1. The average Bonchev–Trinajstić information content (AvgIpc) is 3.24. The van der Waals surface area contributed by atoms with Gasteiger partial charge < -0.3 is 10.4 Å². The molecular formula is C24H22Cl3N3O. The van der Waals surface area contributed by atoms with Crippen molar-refractivity contribution < 1.29 is 5.11 Å². The number of pyridine rings is 1. The van der Waals surface area contributed by atoms with Gasteiger partial charge >= 0.3 is 0 Å². The maximum Gasteiger partial charge on any atom is 0.120 e. The molecule has 160 valence electrons. The van der Waals surface area contributed by atoms with Crippen molar-refractivity contribution in [2.24, 2.45) is 0 Å². The number of phenols is 1. The second kappa shape index (κ2) is 9.09. The van der Waals surface area contributed by atoms with Gasteiger partial charge in [0.05, 0.1) is 16.7 Å². The van der Waals surface area contributed by atoms with E-state index in [0.29, 0.717) is 15.8 Å². The van der Waals surface area contributed by atoms with Crippen LogP contribution < -0.4 is 5.32 Å². The van der Waals surface area contributed by atoms with Crippen molar-refractivity contribution in [3.63, 3.8) is 0 Å². The van der Waals surface area contributed by atoms with Crippen LogP contribution in [0.25, 0.3) is 21.8 Å². The van der Waals surface area contributed by atoms with E-state index in [4.69, 9.17) is 28.2 Å². The quantitative estimate of drug-likeness (QED) is 0.243. The van der Waals surface area contributed by atoms with Crippen LogP contribution in [0.5, 0.6) is 5.75 Å². The molecule has 1 aliphatic heterocycles. The summed E-state index contributed by atoms with van der Waals surface area (Å²) in [5.74, 6) is 0.322. The molecule has 7 heteroatoms. The van der Waals surface area contributed by atoms with Crippen LogP contribution in [-0.2, 0) is 6.54 Å². The second-order valence-electron chi connectivity index (χ2n) is 7.76. The average molecular weight is 475 g/mol. The van der Waals surface area contributed by atoms with Crippen LogP contribution in [0, 0.1) is 0 Å². The van der Waals surface area contributed by atoms with E-state index in [9.17, 15) is 5.11 Å². The Morgan fingerprint density at radius 1 is 0.871 bits per heavy atom. The summed E-state index contributed by atoms with van der Waals surface area (Å²) >= 11 is 12.6. The Balaban J connectivity index is 0.00000231. The third-order valence-corrected chi connectivity index (χ3v) is 6.11. The first-order valence-corrected chi connectivity index (χ1v) is 10.8.